The number of methoxy groups -OCH3 is 1. The molecule has 104 valence electrons. The number of benzene rings is 1. The van der Waals surface area contributed by atoms with Crippen molar-refractivity contribution in [2.75, 3.05) is 25.6 Å². The Kier molecular flexibility index (Phi) is 3.58. The van der Waals surface area contributed by atoms with Gasteiger partial charge in [0.1, 0.15) is 13.2 Å². The summed E-state index contributed by atoms with van der Waals surface area (Å²) in [6.07, 6.45) is 1.80. The second-order valence-electron chi connectivity index (χ2n) is 4.42. The standard InChI is InChI=1S/C15H16N2O3/c1-18-15-5-2-11(10-17-15)9-16-12-3-4-13-14(8-12)20-7-6-19-13/h2-5,8,10,16H,6-7,9H2,1H3. The third kappa shape index (κ3) is 2.77. The molecule has 1 N–H and O–H groups in total. The zero-order chi connectivity index (χ0) is 13.8. The maximum Gasteiger partial charge on any atom is 0.212 e. The Hall–Kier alpha value is -2.43. The number of rotatable bonds is 4. The molecule has 1 aromatic heterocycles. The Balaban J connectivity index is 1.65. The molecule has 2 heterocycles. The second kappa shape index (κ2) is 5.69. The van der Waals surface area contributed by atoms with Crippen molar-refractivity contribution in [1.29, 1.82) is 0 Å². The fourth-order valence-corrected chi connectivity index (χ4v) is 1.99. The molecule has 0 spiro atoms. The lowest BCUT2D eigenvalue weighted by Gasteiger charge is -2.19. The van der Waals surface area contributed by atoms with Crippen molar-refractivity contribution in [2.24, 2.45) is 0 Å². The van der Waals surface area contributed by atoms with Crippen LogP contribution in [0.5, 0.6) is 17.4 Å². The molecule has 0 unspecified atom stereocenters. The van der Waals surface area contributed by atoms with E-state index in [2.05, 4.69) is 10.3 Å². The van der Waals surface area contributed by atoms with Crippen LogP contribution < -0.4 is 19.5 Å². The van der Waals surface area contributed by atoms with Gasteiger partial charge in [0.2, 0.25) is 5.88 Å². The molecule has 5 nitrogen and oxygen atoms in total. The smallest absolute Gasteiger partial charge is 0.212 e. The quantitative estimate of drug-likeness (QED) is 0.926. The van der Waals surface area contributed by atoms with Crippen LogP contribution in [0.1, 0.15) is 5.56 Å². The molecule has 1 aliphatic heterocycles. The first-order valence-corrected chi connectivity index (χ1v) is 6.47. The highest BCUT2D eigenvalue weighted by atomic mass is 16.6. The average Bonchev–Trinajstić information content (AvgIpc) is 2.53. The predicted octanol–water partition coefficient (Wildman–Crippen LogP) is 2.47. The highest BCUT2D eigenvalue weighted by Crippen LogP contribution is 2.32. The van der Waals surface area contributed by atoms with E-state index in [1.54, 1.807) is 13.3 Å². The van der Waals surface area contributed by atoms with E-state index >= 15 is 0 Å². The first-order valence-electron chi connectivity index (χ1n) is 6.47. The zero-order valence-corrected chi connectivity index (χ0v) is 11.3. The van der Waals surface area contributed by atoms with Gasteiger partial charge in [0, 0.05) is 30.6 Å². The molecule has 3 rings (SSSR count). The second-order valence-corrected chi connectivity index (χ2v) is 4.42. The van der Waals surface area contributed by atoms with Crippen LogP contribution in [0.4, 0.5) is 5.69 Å². The van der Waals surface area contributed by atoms with Crippen molar-refractivity contribution in [2.45, 2.75) is 6.54 Å². The van der Waals surface area contributed by atoms with Gasteiger partial charge in [-0.2, -0.15) is 0 Å². The lowest BCUT2D eigenvalue weighted by molar-refractivity contribution is 0.171. The molecule has 0 aliphatic carbocycles. The largest absolute Gasteiger partial charge is 0.486 e. The fourth-order valence-electron chi connectivity index (χ4n) is 1.99. The average molecular weight is 272 g/mol. The molecule has 2 aromatic rings. The maximum atomic E-state index is 5.55. The van der Waals surface area contributed by atoms with Crippen LogP contribution in [0.3, 0.4) is 0 Å². The third-order valence-corrected chi connectivity index (χ3v) is 3.05. The summed E-state index contributed by atoms with van der Waals surface area (Å²) in [6.45, 7) is 1.90. The zero-order valence-electron chi connectivity index (χ0n) is 11.3. The van der Waals surface area contributed by atoms with E-state index in [9.17, 15) is 0 Å². The van der Waals surface area contributed by atoms with E-state index in [1.807, 2.05) is 30.3 Å². The number of nitrogens with one attached hydrogen (secondary N) is 1. The van der Waals surface area contributed by atoms with E-state index in [1.165, 1.54) is 0 Å². The van der Waals surface area contributed by atoms with Crippen molar-refractivity contribution in [3.8, 4) is 17.4 Å². The molecule has 0 atom stereocenters. The van der Waals surface area contributed by atoms with Crippen LogP contribution in [0, 0.1) is 0 Å². The Morgan fingerprint density at radius 3 is 2.75 bits per heavy atom. The maximum absolute atomic E-state index is 5.55. The lowest BCUT2D eigenvalue weighted by atomic mass is 10.2. The van der Waals surface area contributed by atoms with Crippen molar-refractivity contribution in [1.82, 2.24) is 4.98 Å². The Morgan fingerprint density at radius 1 is 1.15 bits per heavy atom. The SMILES string of the molecule is COc1ccc(CNc2ccc3c(c2)OCCO3)cn1. The Morgan fingerprint density at radius 2 is 2.00 bits per heavy atom. The van der Waals surface area contributed by atoms with Gasteiger partial charge in [-0.05, 0) is 17.7 Å². The molecule has 0 fully saturated rings. The summed E-state index contributed by atoms with van der Waals surface area (Å²) in [7, 11) is 1.61. The van der Waals surface area contributed by atoms with Crippen LogP contribution in [0.25, 0.3) is 0 Å². The number of aromatic nitrogens is 1. The van der Waals surface area contributed by atoms with Gasteiger partial charge in [0.05, 0.1) is 7.11 Å². The van der Waals surface area contributed by atoms with E-state index < -0.39 is 0 Å². The van der Waals surface area contributed by atoms with Gasteiger partial charge in [0.15, 0.2) is 11.5 Å². The number of ether oxygens (including phenoxy) is 3. The number of anilines is 1. The molecular formula is C15H16N2O3. The summed E-state index contributed by atoms with van der Waals surface area (Å²) >= 11 is 0. The normalized spacial score (nSPS) is 12.8. The molecule has 0 saturated carbocycles. The molecule has 0 amide bonds. The topological polar surface area (TPSA) is 52.6 Å². The summed E-state index contributed by atoms with van der Waals surface area (Å²) in [5, 5.41) is 3.33. The molecule has 5 heteroatoms. The number of nitrogens with zero attached hydrogens (tertiary/aromatic N) is 1. The minimum absolute atomic E-state index is 0.596. The third-order valence-electron chi connectivity index (χ3n) is 3.05. The summed E-state index contributed by atoms with van der Waals surface area (Å²) in [5.41, 5.74) is 2.07. The van der Waals surface area contributed by atoms with E-state index in [0.717, 1.165) is 22.7 Å². The summed E-state index contributed by atoms with van der Waals surface area (Å²) in [4.78, 5) is 4.17. The van der Waals surface area contributed by atoms with Gasteiger partial charge in [-0.3, -0.25) is 0 Å². The first kappa shape index (κ1) is 12.6. The van der Waals surface area contributed by atoms with Gasteiger partial charge in [0.25, 0.3) is 0 Å². The number of fused-ring (bicyclic) bond motifs is 1. The van der Waals surface area contributed by atoms with Crippen LogP contribution in [0.2, 0.25) is 0 Å². The number of pyridine rings is 1. The molecule has 0 bridgehead atoms. The van der Waals surface area contributed by atoms with Gasteiger partial charge in [-0.15, -0.1) is 0 Å². The highest BCUT2D eigenvalue weighted by Gasteiger charge is 2.11. The minimum atomic E-state index is 0.596. The summed E-state index contributed by atoms with van der Waals surface area (Å²) < 4.78 is 16.1. The molecule has 0 radical (unpaired) electrons. The van der Waals surface area contributed by atoms with Crippen LogP contribution in [-0.2, 0) is 6.54 Å². The van der Waals surface area contributed by atoms with E-state index in [0.29, 0.717) is 25.6 Å². The fraction of sp³-hybridized carbons (Fsp3) is 0.267. The van der Waals surface area contributed by atoms with Crippen molar-refractivity contribution in [3.05, 3.63) is 42.1 Å². The highest BCUT2D eigenvalue weighted by molar-refractivity contribution is 5.55. The van der Waals surface area contributed by atoms with Crippen LogP contribution in [-0.4, -0.2) is 25.3 Å². The molecule has 20 heavy (non-hydrogen) atoms. The van der Waals surface area contributed by atoms with Gasteiger partial charge >= 0.3 is 0 Å². The monoisotopic (exact) mass is 272 g/mol. The minimum Gasteiger partial charge on any atom is -0.486 e. The summed E-state index contributed by atoms with van der Waals surface area (Å²) in [5.74, 6) is 2.20. The first-order chi connectivity index (χ1) is 9.85. The van der Waals surface area contributed by atoms with Gasteiger partial charge in [-0.1, -0.05) is 6.07 Å². The van der Waals surface area contributed by atoms with Gasteiger partial charge in [-0.25, -0.2) is 4.98 Å². The van der Waals surface area contributed by atoms with Crippen LogP contribution in [0.15, 0.2) is 36.5 Å². The number of hydrogen-bond donors (Lipinski definition) is 1. The van der Waals surface area contributed by atoms with Crippen molar-refractivity contribution in [3.63, 3.8) is 0 Å². The van der Waals surface area contributed by atoms with Crippen molar-refractivity contribution >= 4 is 5.69 Å². The number of hydrogen-bond acceptors (Lipinski definition) is 5. The molecule has 1 aromatic carbocycles. The molecular weight excluding hydrogens is 256 g/mol. The predicted molar refractivity (Wildman–Crippen MR) is 75.5 cm³/mol. The Bertz CT molecular complexity index is 584. The van der Waals surface area contributed by atoms with E-state index in [-0.39, 0.29) is 0 Å². The van der Waals surface area contributed by atoms with Crippen molar-refractivity contribution < 1.29 is 14.2 Å². The molecule has 0 saturated heterocycles. The van der Waals surface area contributed by atoms with Crippen LogP contribution >= 0.6 is 0 Å². The molecule has 1 aliphatic rings. The lowest BCUT2D eigenvalue weighted by Crippen LogP contribution is -2.15. The van der Waals surface area contributed by atoms with Gasteiger partial charge < -0.3 is 19.5 Å². The van der Waals surface area contributed by atoms with E-state index in [4.69, 9.17) is 14.2 Å². The Labute approximate surface area is 117 Å². The summed E-state index contributed by atoms with van der Waals surface area (Å²) in [6, 6.07) is 9.68.